The third kappa shape index (κ3) is 2.23. The average molecular weight is 343 g/mol. The van der Waals surface area contributed by atoms with Crippen molar-refractivity contribution in [1.29, 1.82) is 0 Å². The normalized spacial score (nSPS) is 23.7. The highest BCUT2D eigenvalue weighted by molar-refractivity contribution is 7.19. The zero-order chi connectivity index (χ0) is 16.3. The van der Waals surface area contributed by atoms with Gasteiger partial charge in [0.2, 0.25) is 0 Å². The molecular weight excluding hydrogens is 322 g/mol. The molecule has 1 atom stereocenters. The van der Waals surface area contributed by atoms with Gasteiger partial charge in [-0.1, -0.05) is 0 Å². The van der Waals surface area contributed by atoms with Crippen molar-refractivity contribution >= 4 is 33.3 Å². The van der Waals surface area contributed by atoms with Crippen LogP contribution in [-0.2, 0) is 17.6 Å². The highest BCUT2D eigenvalue weighted by Gasteiger charge is 2.36. The van der Waals surface area contributed by atoms with Gasteiger partial charge in [0.05, 0.1) is 5.39 Å². The van der Waals surface area contributed by atoms with Gasteiger partial charge in [-0.25, -0.2) is 14.8 Å². The molecule has 5 nitrogen and oxygen atoms in total. The molecule has 6 heteroatoms. The van der Waals surface area contributed by atoms with E-state index in [0.717, 1.165) is 47.7 Å². The van der Waals surface area contributed by atoms with Crippen molar-refractivity contribution in [3.05, 3.63) is 16.3 Å². The first-order valence-corrected chi connectivity index (χ1v) is 9.85. The number of aliphatic carboxylic acids is 1. The van der Waals surface area contributed by atoms with E-state index in [0.29, 0.717) is 12.3 Å². The van der Waals surface area contributed by atoms with E-state index in [-0.39, 0.29) is 0 Å². The van der Waals surface area contributed by atoms with Gasteiger partial charge in [-0.3, -0.25) is 0 Å². The van der Waals surface area contributed by atoms with Crippen LogP contribution in [0.3, 0.4) is 0 Å². The number of fused-ring (bicyclic) bond motifs is 3. The molecule has 0 unspecified atom stereocenters. The highest BCUT2D eigenvalue weighted by Crippen LogP contribution is 2.45. The number of aryl methyl sites for hydroxylation is 2. The van der Waals surface area contributed by atoms with Crippen LogP contribution in [0.5, 0.6) is 0 Å². The van der Waals surface area contributed by atoms with Crippen molar-refractivity contribution in [1.82, 2.24) is 9.97 Å². The molecule has 1 saturated heterocycles. The minimum atomic E-state index is -0.726. The maximum atomic E-state index is 11.7. The van der Waals surface area contributed by atoms with E-state index in [1.54, 1.807) is 0 Å². The summed E-state index contributed by atoms with van der Waals surface area (Å²) in [6.45, 7) is 0.789. The van der Waals surface area contributed by atoms with E-state index in [9.17, 15) is 9.90 Å². The first-order chi connectivity index (χ1) is 11.7. The summed E-state index contributed by atoms with van der Waals surface area (Å²) in [5.74, 6) is 1.60. The van der Waals surface area contributed by atoms with Crippen molar-refractivity contribution < 1.29 is 9.90 Å². The third-order valence-corrected chi connectivity index (χ3v) is 6.75. The number of carbonyl (C=O) groups is 1. The van der Waals surface area contributed by atoms with Crippen LogP contribution in [0, 0.1) is 0 Å². The van der Waals surface area contributed by atoms with E-state index in [2.05, 4.69) is 0 Å². The first kappa shape index (κ1) is 14.6. The van der Waals surface area contributed by atoms with Crippen molar-refractivity contribution in [2.24, 2.45) is 0 Å². The van der Waals surface area contributed by atoms with E-state index in [1.165, 1.54) is 36.1 Å². The second-order valence-electron chi connectivity index (χ2n) is 7.26. The van der Waals surface area contributed by atoms with Gasteiger partial charge < -0.3 is 10.0 Å². The number of hydrogen-bond acceptors (Lipinski definition) is 5. The maximum Gasteiger partial charge on any atom is 0.326 e. The third-order valence-electron chi connectivity index (χ3n) is 5.57. The Morgan fingerprint density at radius 3 is 2.75 bits per heavy atom. The summed E-state index contributed by atoms with van der Waals surface area (Å²) in [7, 11) is 0. The predicted molar refractivity (Wildman–Crippen MR) is 94.0 cm³/mol. The fourth-order valence-electron chi connectivity index (χ4n) is 4.16. The second kappa shape index (κ2) is 5.41. The summed E-state index contributed by atoms with van der Waals surface area (Å²) in [6.07, 6.45) is 8.65. The molecule has 3 aliphatic rings. The van der Waals surface area contributed by atoms with Crippen LogP contribution in [-0.4, -0.2) is 33.6 Å². The minimum absolute atomic E-state index is 0.436. The predicted octanol–water partition coefficient (Wildman–Crippen LogP) is 3.50. The van der Waals surface area contributed by atoms with Crippen LogP contribution in [0.1, 0.15) is 60.7 Å². The zero-order valence-corrected chi connectivity index (χ0v) is 14.4. The Balaban J connectivity index is 1.72. The molecule has 0 bridgehead atoms. The quantitative estimate of drug-likeness (QED) is 0.924. The summed E-state index contributed by atoms with van der Waals surface area (Å²) >= 11 is 1.82. The molecular formula is C18H21N3O2S. The summed E-state index contributed by atoms with van der Waals surface area (Å²) in [5.41, 5.74) is 1.40. The minimum Gasteiger partial charge on any atom is -0.480 e. The number of carboxylic acids is 1. The summed E-state index contributed by atoms with van der Waals surface area (Å²) in [6, 6.07) is -0.436. The number of anilines is 1. The van der Waals surface area contributed by atoms with Crippen LogP contribution in [0.15, 0.2) is 0 Å². The van der Waals surface area contributed by atoms with Crippen LogP contribution in [0.2, 0.25) is 0 Å². The summed E-state index contributed by atoms with van der Waals surface area (Å²) < 4.78 is 0. The number of aromatic nitrogens is 2. The van der Waals surface area contributed by atoms with Gasteiger partial charge in [0.15, 0.2) is 0 Å². The van der Waals surface area contributed by atoms with Crippen molar-refractivity contribution in [3.8, 4) is 0 Å². The lowest BCUT2D eigenvalue weighted by Crippen LogP contribution is -2.36. The zero-order valence-electron chi connectivity index (χ0n) is 13.6. The molecule has 5 rings (SSSR count). The molecule has 1 N–H and O–H groups in total. The number of hydrogen-bond donors (Lipinski definition) is 1. The molecule has 2 aliphatic carbocycles. The van der Waals surface area contributed by atoms with E-state index in [4.69, 9.17) is 9.97 Å². The summed E-state index contributed by atoms with van der Waals surface area (Å²) in [5, 5.41) is 10.8. The summed E-state index contributed by atoms with van der Waals surface area (Å²) in [4.78, 5) is 26.1. The Labute approximate surface area is 144 Å². The number of carboxylic acid groups (broad SMARTS) is 1. The number of nitrogens with zero attached hydrogens (tertiary/aromatic N) is 3. The fourth-order valence-corrected chi connectivity index (χ4v) is 5.43. The Hall–Kier alpha value is -1.69. The molecule has 126 valence electrons. The molecule has 1 saturated carbocycles. The molecule has 0 radical (unpaired) electrons. The largest absolute Gasteiger partial charge is 0.480 e. The maximum absolute atomic E-state index is 11.7. The van der Waals surface area contributed by atoms with Crippen LogP contribution in [0.25, 0.3) is 10.2 Å². The van der Waals surface area contributed by atoms with Crippen molar-refractivity contribution in [2.75, 3.05) is 11.4 Å². The van der Waals surface area contributed by atoms with Gasteiger partial charge in [0.1, 0.15) is 22.5 Å². The standard InChI is InChI=1S/C18H21N3O2S/c22-18(23)12-5-3-9-21(12)16-14-11-4-1-2-6-13(11)24-17(14)20-15(19-16)10-7-8-10/h10,12H,1-9H2,(H,22,23)/t12-/m0/s1. The molecule has 0 spiro atoms. The first-order valence-electron chi connectivity index (χ1n) is 9.04. The van der Waals surface area contributed by atoms with Crippen molar-refractivity contribution in [3.63, 3.8) is 0 Å². The Kier molecular flexibility index (Phi) is 3.30. The molecule has 24 heavy (non-hydrogen) atoms. The van der Waals surface area contributed by atoms with Crippen LogP contribution >= 0.6 is 11.3 Å². The number of rotatable bonds is 3. The molecule has 2 aromatic rings. The second-order valence-corrected chi connectivity index (χ2v) is 8.34. The van der Waals surface area contributed by atoms with Gasteiger partial charge in [-0.2, -0.15) is 0 Å². The SMILES string of the molecule is O=C(O)[C@@H]1CCCN1c1nc(C2CC2)nc2sc3c(c12)CCCC3. The smallest absolute Gasteiger partial charge is 0.326 e. The molecule has 3 heterocycles. The lowest BCUT2D eigenvalue weighted by molar-refractivity contribution is -0.138. The van der Waals surface area contributed by atoms with Gasteiger partial charge in [-0.15, -0.1) is 11.3 Å². The van der Waals surface area contributed by atoms with Gasteiger partial charge in [0, 0.05) is 17.3 Å². The van der Waals surface area contributed by atoms with Gasteiger partial charge >= 0.3 is 5.97 Å². The van der Waals surface area contributed by atoms with Crippen LogP contribution in [0.4, 0.5) is 5.82 Å². The molecule has 2 aromatic heterocycles. The monoisotopic (exact) mass is 343 g/mol. The lowest BCUT2D eigenvalue weighted by Gasteiger charge is -2.24. The molecule has 0 aromatic carbocycles. The van der Waals surface area contributed by atoms with Gasteiger partial charge in [-0.05, 0) is 56.9 Å². The van der Waals surface area contributed by atoms with Crippen LogP contribution < -0.4 is 4.90 Å². The van der Waals surface area contributed by atoms with Gasteiger partial charge in [0.25, 0.3) is 0 Å². The van der Waals surface area contributed by atoms with E-state index in [1.807, 2.05) is 16.2 Å². The fraction of sp³-hybridized carbons (Fsp3) is 0.611. The van der Waals surface area contributed by atoms with E-state index >= 15 is 0 Å². The Bertz CT molecular complexity index is 827. The molecule has 0 amide bonds. The Morgan fingerprint density at radius 1 is 1.12 bits per heavy atom. The molecule has 2 fully saturated rings. The van der Waals surface area contributed by atoms with E-state index < -0.39 is 12.0 Å². The lowest BCUT2D eigenvalue weighted by atomic mass is 9.97. The molecule has 1 aliphatic heterocycles. The topological polar surface area (TPSA) is 66.3 Å². The average Bonchev–Trinajstić information content (AvgIpc) is 3.19. The van der Waals surface area contributed by atoms with Crippen molar-refractivity contribution in [2.45, 2.75) is 63.3 Å². The number of thiophene rings is 1. The highest BCUT2D eigenvalue weighted by atomic mass is 32.1. The Morgan fingerprint density at radius 2 is 1.96 bits per heavy atom.